The molecule has 1 atom stereocenters. The normalized spacial score (nSPS) is 15.3. The Bertz CT molecular complexity index is 1110. The summed E-state index contributed by atoms with van der Waals surface area (Å²) in [7, 11) is 1.26. The smallest absolute Gasteiger partial charge is 0.373 e. The number of methoxy groups -OCH3 is 1. The van der Waals surface area contributed by atoms with Gasteiger partial charge in [-0.05, 0) is 42.0 Å². The maximum atomic E-state index is 12.7. The molecule has 1 aliphatic rings. The van der Waals surface area contributed by atoms with Crippen molar-refractivity contribution in [1.82, 2.24) is 0 Å². The molecule has 1 aromatic heterocycles. The molecule has 4 rings (SSSR count). The molecule has 0 saturated heterocycles. The van der Waals surface area contributed by atoms with Crippen molar-refractivity contribution < 1.29 is 33.4 Å². The van der Waals surface area contributed by atoms with Crippen LogP contribution in [0.1, 0.15) is 49.4 Å². The van der Waals surface area contributed by atoms with Gasteiger partial charge in [0.05, 0.1) is 30.2 Å². The molecule has 0 spiro atoms. The maximum Gasteiger partial charge on any atom is 0.373 e. The zero-order valence-electron chi connectivity index (χ0n) is 15.4. The average Bonchev–Trinajstić information content (AvgIpc) is 3.23. The molecule has 0 saturated carbocycles. The van der Waals surface area contributed by atoms with E-state index in [1.165, 1.54) is 25.3 Å². The van der Waals surface area contributed by atoms with Gasteiger partial charge in [0.25, 0.3) is 0 Å². The molecular weight excluding hydrogens is 376 g/mol. The third-order valence-corrected chi connectivity index (χ3v) is 4.73. The number of carbonyl (C=O) groups is 3. The molecule has 1 aliphatic heterocycles. The Morgan fingerprint density at radius 2 is 1.76 bits per heavy atom. The number of carboxylic acids is 1. The Morgan fingerprint density at radius 1 is 1.03 bits per heavy atom. The predicted octanol–water partition coefficient (Wildman–Crippen LogP) is 4.14. The number of furan rings is 1. The van der Waals surface area contributed by atoms with Crippen molar-refractivity contribution in [2.45, 2.75) is 12.5 Å². The number of carboxylic acid groups (broad SMARTS) is 1. The minimum atomic E-state index is -1.02. The molecule has 1 N–H and O–H groups in total. The number of hydrogen-bond donors (Lipinski definition) is 1. The summed E-state index contributed by atoms with van der Waals surface area (Å²) in [4.78, 5) is 35.4. The number of ether oxygens (including phenoxy) is 2. The van der Waals surface area contributed by atoms with E-state index < -0.39 is 18.0 Å². The van der Waals surface area contributed by atoms with Gasteiger partial charge < -0.3 is 19.0 Å². The van der Waals surface area contributed by atoms with E-state index in [2.05, 4.69) is 4.74 Å². The van der Waals surface area contributed by atoms with Gasteiger partial charge in [0.1, 0.15) is 17.6 Å². The van der Waals surface area contributed by atoms with E-state index in [0.717, 1.165) is 0 Å². The van der Waals surface area contributed by atoms with E-state index in [-0.39, 0.29) is 23.5 Å². The average molecular weight is 392 g/mol. The Balaban J connectivity index is 1.71. The molecule has 0 amide bonds. The molecule has 1 unspecified atom stereocenters. The fourth-order valence-electron chi connectivity index (χ4n) is 3.26. The molecule has 29 heavy (non-hydrogen) atoms. The lowest BCUT2D eigenvalue weighted by Gasteiger charge is -2.27. The largest absolute Gasteiger partial charge is 0.484 e. The van der Waals surface area contributed by atoms with E-state index in [1.807, 2.05) is 0 Å². The summed E-state index contributed by atoms with van der Waals surface area (Å²) in [5.41, 5.74) is 1.82. The van der Waals surface area contributed by atoms with Crippen molar-refractivity contribution in [3.8, 4) is 17.1 Å². The molecule has 0 bridgehead atoms. The molecule has 0 aliphatic carbocycles. The summed E-state index contributed by atoms with van der Waals surface area (Å²) in [6.45, 7) is 0. The number of ketones is 1. The highest BCUT2D eigenvalue weighted by molar-refractivity contribution is 6.02. The lowest BCUT2D eigenvalue weighted by molar-refractivity contribution is 0.0565. The zero-order valence-corrected chi connectivity index (χ0v) is 15.4. The number of esters is 1. The van der Waals surface area contributed by atoms with Crippen molar-refractivity contribution >= 4 is 17.7 Å². The molecule has 2 aromatic carbocycles. The summed E-state index contributed by atoms with van der Waals surface area (Å²) in [5.74, 6) is -0.944. The number of aromatic carboxylic acids is 1. The van der Waals surface area contributed by atoms with Crippen LogP contribution in [0.4, 0.5) is 0 Å². The van der Waals surface area contributed by atoms with Gasteiger partial charge in [-0.2, -0.15) is 0 Å². The van der Waals surface area contributed by atoms with Gasteiger partial charge in [-0.1, -0.05) is 18.2 Å². The van der Waals surface area contributed by atoms with Gasteiger partial charge in [-0.15, -0.1) is 0 Å². The van der Waals surface area contributed by atoms with Crippen LogP contribution in [-0.4, -0.2) is 29.9 Å². The summed E-state index contributed by atoms with van der Waals surface area (Å²) >= 11 is 0. The second-order valence-electron chi connectivity index (χ2n) is 6.50. The number of carbonyl (C=O) groups excluding carboxylic acids is 2. The van der Waals surface area contributed by atoms with E-state index in [9.17, 15) is 14.4 Å². The first-order valence-corrected chi connectivity index (χ1v) is 8.82. The lowest BCUT2D eigenvalue weighted by atomic mass is 9.93. The van der Waals surface area contributed by atoms with Gasteiger partial charge in [-0.25, -0.2) is 9.59 Å². The fourth-order valence-corrected chi connectivity index (χ4v) is 3.26. The van der Waals surface area contributed by atoms with Crippen LogP contribution < -0.4 is 4.74 Å². The van der Waals surface area contributed by atoms with Gasteiger partial charge in [-0.3, -0.25) is 4.79 Å². The highest BCUT2D eigenvalue weighted by Gasteiger charge is 2.30. The van der Waals surface area contributed by atoms with Crippen molar-refractivity contribution in [2.75, 3.05) is 7.11 Å². The van der Waals surface area contributed by atoms with Crippen LogP contribution in [0.15, 0.2) is 59.0 Å². The van der Waals surface area contributed by atoms with Crippen LogP contribution in [0.5, 0.6) is 5.75 Å². The van der Waals surface area contributed by atoms with E-state index in [1.54, 1.807) is 36.4 Å². The summed E-state index contributed by atoms with van der Waals surface area (Å²) in [6.07, 6.45) is -0.428. The number of para-hydroxylation sites is 1. The second kappa shape index (κ2) is 7.27. The van der Waals surface area contributed by atoms with Gasteiger partial charge >= 0.3 is 11.9 Å². The molecule has 0 fully saturated rings. The third-order valence-electron chi connectivity index (χ3n) is 4.73. The van der Waals surface area contributed by atoms with Crippen molar-refractivity contribution in [3.63, 3.8) is 0 Å². The summed E-state index contributed by atoms with van der Waals surface area (Å²) in [6, 6.07) is 14.5. The third kappa shape index (κ3) is 3.38. The van der Waals surface area contributed by atoms with E-state index >= 15 is 0 Å². The van der Waals surface area contributed by atoms with Gasteiger partial charge in [0.15, 0.2) is 5.78 Å². The fraction of sp³-hybridized carbons (Fsp3) is 0.136. The van der Waals surface area contributed by atoms with Crippen LogP contribution in [0.25, 0.3) is 11.3 Å². The quantitative estimate of drug-likeness (QED) is 0.666. The van der Waals surface area contributed by atoms with Crippen LogP contribution in [0, 0.1) is 0 Å². The molecule has 2 heterocycles. The summed E-state index contributed by atoms with van der Waals surface area (Å²) < 4.78 is 16.4. The van der Waals surface area contributed by atoms with Gasteiger partial charge in [0, 0.05) is 0 Å². The Labute approximate surface area is 165 Å². The molecule has 146 valence electrons. The van der Waals surface area contributed by atoms with Crippen LogP contribution in [0.3, 0.4) is 0 Å². The van der Waals surface area contributed by atoms with Crippen molar-refractivity contribution in [2.24, 2.45) is 0 Å². The first-order valence-electron chi connectivity index (χ1n) is 8.82. The monoisotopic (exact) mass is 392 g/mol. The molecule has 0 radical (unpaired) electrons. The first-order chi connectivity index (χ1) is 14.0. The molecule has 7 heteroatoms. The van der Waals surface area contributed by atoms with E-state index in [4.69, 9.17) is 14.3 Å². The number of benzene rings is 2. The van der Waals surface area contributed by atoms with Crippen LogP contribution in [-0.2, 0) is 4.74 Å². The minimum absolute atomic E-state index is 0.0445. The minimum Gasteiger partial charge on any atom is -0.484 e. The lowest BCUT2D eigenvalue weighted by Crippen LogP contribution is -2.21. The number of hydrogen-bond acceptors (Lipinski definition) is 6. The number of Topliss-reactive ketones (excluding diaryl/α,β-unsaturated/α-hetero) is 1. The Kier molecular flexibility index (Phi) is 4.64. The molecular formula is C22H16O7. The first kappa shape index (κ1) is 18.5. The zero-order chi connectivity index (χ0) is 20.5. The Morgan fingerprint density at radius 3 is 2.45 bits per heavy atom. The SMILES string of the molecule is COC(=O)c1ccc(-c2cccc3c2OC(c2ccc(C(=O)O)cc2)CC3=O)o1. The number of rotatable bonds is 4. The topological polar surface area (TPSA) is 103 Å². The van der Waals surface area contributed by atoms with Crippen LogP contribution in [0.2, 0.25) is 0 Å². The summed E-state index contributed by atoms with van der Waals surface area (Å²) in [5, 5.41) is 9.05. The standard InChI is InChI=1S/C22H16O7/c1-27-22(26)18-10-9-17(28-18)15-4-2-3-14-16(23)11-19(29-20(14)15)12-5-7-13(8-6-12)21(24)25/h2-10,19H,11H2,1H3,(H,24,25). The number of fused-ring (bicyclic) bond motifs is 1. The van der Waals surface area contributed by atoms with Crippen LogP contribution >= 0.6 is 0 Å². The predicted molar refractivity (Wildman–Crippen MR) is 101 cm³/mol. The maximum absolute atomic E-state index is 12.7. The highest BCUT2D eigenvalue weighted by atomic mass is 16.5. The van der Waals surface area contributed by atoms with Crippen molar-refractivity contribution in [1.29, 1.82) is 0 Å². The van der Waals surface area contributed by atoms with Crippen molar-refractivity contribution in [3.05, 3.63) is 77.0 Å². The second-order valence-corrected chi connectivity index (χ2v) is 6.50. The van der Waals surface area contributed by atoms with E-state index in [0.29, 0.717) is 28.2 Å². The highest BCUT2D eigenvalue weighted by Crippen LogP contribution is 2.42. The van der Waals surface area contributed by atoms with Gasteiger partial charge in [0.2, 0.25) is 5.76 Å². The Hall–Kier alpha value is -3.87. The molecule has 7 nitrogen and oxygen atoms in total. The molecule has 3 aromatic rings.